The molecule has 2 rings (SSSR count). The molecule has 0 aliphatic rings. The second-order valence-electron chi connectivity index (χ2n) is 6.32. The first-order valence-electron chi connectivity index (χ1n) is 7.02. The van der Waals surface area contributed by atoms with Gasteiger partial charge in [-0.05, 0) is 63.9 Å². The van der Waals surface area contributed by atoms with Gasteiger partial charge in [-0.1, -0.05) is 0 Å². The summed E-state index contributed by atoms with van der Waals surface area (Å²) in [5.41, 5.74) is 3.49. The minimum absolute atomic E-state index is 0.229. The first-order chi connectivity index (χ1) is 9.69. The highest BCUT2D eigenvalue weighted by Crippen LogP contribution is 2.29. The number of aryl methyl sites for hydroxylation is 2. The van der Waals surface area contributed by atoms with Gasteiger partial charge in [0.2, 0.25) is 0 Å². The van der Waals surface area contributed by atoms with Crippen LogP contribution in [-0.4, -0.2) is 15.2 Å². The molecule has 1 aromatic carbocycles. The van der Waals surface area contributed by atoms with Gasteiger partial charge in [0.15, 0.2) is 0 Å². The van der Waals surface area contributed by atoms with E-state index in [2.05, 4.69) is 4.98 Å². The lowest BCUT2D eigenvalue weighted by molar-refractivity contribution is 0.131. The highest BCUT2D eigenvalue weighted by Gasteiger charge is 2.14. The second-order valence-corrected chi connectivity index (χ2v) is 6.32. The molecule has 0 aliphatic carbocycles. The summed E-state index contributed by atoms with van der Waals surface area (Å²) >= 11 is 0. The standard InChI is InChI=1S/C17H22N2O2/c1-11-9-13(21-17(3,4)5)7-8-14(11)15-12(2)10-18-16(20)19(15)6/h7-10H,1-6H3. The van der Waals surface area contributed by atoms with Gasteiger partial charge in [-0.3, -0.25) is 4.57 Å². The van der Waals surface area contributed by atoms with Gasteiger partial charge in [-0.2, -0.15) is 0 Å². The maximum Gasteiger partial charge on any atom is 0.347 e. The number of aromatic nitrogens is 2. The van der Waals surface area contributed by atoms with Gasteiger partial charge in [-0.25, -0.2) is 9.78 Å². The molecule has 0 fully saturated rings. The predicted octanol–water partition coefficient (Wildman–Crippen LogP) is 3.24. The van der Waals surface area contributed by atoms with Crippen molar-refractivity contribution in [3.05, 3.63) is 46.0 Å². The number of hydrogen-bond acceptors (Lipinski definition) is 3. The highest BCUT2D eigenvalue weighted by molar-refractivity contribution is 5.67. The van der Waals surface area contributed by atoms with E-state index in [1.165, 1.54) is 0 Å². The van der Waals surface area contributed by atoms with Gasteiger partial charge in [0.25, 0.3) is 0 Å². The van der Waals surface area contributed by atoms with E-state index in [9.17, 15) is 4.79 Å². The Labute approximate surface area is 125 Å². The lowest BCUT2D eigenvalue weighted by atomic mass is 10.0. The fourth-order valence-corrected chi connectivity index (χ4v) is 2.37. The molecular weight excluding hydrogens is 264 g/mol. The minimum Gasteiger partial charge on any atom is -0.488 e. The summed E-state index contributed by atoms with van der Waals surface area (Å²) < 4.78 is 7.46. The number of rotatable bonds is 2. The Kier molecular flexibility index (Phi) is 3.90. The predicted molar refractivity (Wildman–Crippen MR) is 84.8 cm³/mol. The van der Waals surface area contributed by atoms with Crippen LogP contribution in [0.5, 0.6) is 5.75 Å². The Bertz CT molecular complexity index is 725. The quantitative estimate of drug-likeness (QED) is 0.851. The molecule has 1 heterocycles. The van der Waals surface area contributed by atoms with E-state index in [0.29, 0.717) is 0 Å². The molecule has 4 nitrogen and oxygen atoms in total. The van der Waals surface area contributed by atoms with Gasteiger partial charge in [0.05, 0.1) is 5.69 Å². The zero-order chi connectivity index (χ0) is 15.8. The average molecular weight is 286 g/mol. The van der Waals surface area contributed by atoms with E-state index in [-0.39, 0.29) is 11.3 Å². The van der Waals surface area contributed by atoms with Crippen LogP contribution in [0.1, 0.15) is 31.9 Å². The SMILES string of the molecule is Cc1cc(OC(C)(C)C)ccc1-c1c(C)cnc(=O)n1C. The summed E-state index contributed by atoms with van der Waals surface area (Å²) in [6, 6.07) is 5.95. The van der Waals surface area contributed by atoms with Gasteiger partial charge < -0.3 is 4.74 Å². The van der Waals surface area contributed by atoms with Gasteiger partial charge in [-0.15, -0.1) is 0 Å². The van der Waals surface area contributed by atoms with E-state index in [4.69, 9.17) is 4.74 Å². The third-order valence-electron chi connectivity index (χ3n) is 3.24. The summed E-state index contributed by atoms with van der Waals surface area (Å²) in [5.74, 6) is 0.834. The van der Waals surface area contributed by atoms with Gasteiger partial charge in [0.1, 0.15) is 11.4 Å². The fraction of sp³-hybridized carbons (Fsp3) is 0.412. The summed E-state index contributed by atoms with van der Waals surface area (Å²) in [6.45, 7) is 10.0. The molecular formula is C17H22N2O2. The zero-order valence-electron chi connectivity index (χ0n) is 13.5. The Morgan fingerprint density at radius 3 is 2.38 bits per heavy atom. The van der Waals surface area contributed by atoms with Crippen LogP contribution < -0.4 is 10.4 Å². The molecule has 2 aromatic rings. The number of nitrogens with zero attached hydrogens (tertiary/aromatic N) is 2. The first-order valence-corrected chi connectivity index (χ1v) is 7.02. The first kappa shape index (κ1) is 15.3. The smallest absolute Gasteiger partial charge is 0.347 e. The monoisotopic (exact) mass is 286 g/mol. The van der Waals surface area contributed by atoms with Crippen LogP contribution in [0.3, 0.4) is 0 Å². The van der Waals surface area contributed by atoms with Crippen molar-refractivity contribution in [1.82, 2.24) is 9.55 Å². The van der Waals surface area contributed by atoms with Crippen molar-refractivity contribution in [2.24, 2.45) is 7.05 Å². The van der Waals surface area contributed by atoms with Crippen molar-refractivity contribution < 1.29 is 4.74 Å². The molecule has 0 saturated heterocycles. The van der Waals surface area contributed by atoms with Gasteiger partial charge >= 0.3 is 5.69 Å². The van der Waals surface area contributed by atoms with Crippen molar-refractivity contribution in [3.63, 3.8) is 0 Å². The van der Waals surface area contributed by atoms with Crippen molar-refractivity contribution >= 4 is 0 Å². The van der Waals surface area contributed by atoms with Crippen LogP contribution in [0.25, 0.3) is 11.3 Å². The zero-order valence-corrected chi connectivity index (χ0v) is 13.5. The summed E-state index contributed by atoms with van der Waals surface area (Å²) in [7, 11) is 1.75. The summed E-state index contributed by atoms with van der Waals surface area (Å²) in [4.78, 5) is 15.6. The van der Waals surface area contributed by atoms with Crippen LogP contribution in [0, 0.1) is 13.8 Å². The molecule has 0 saturated carbocycles. The number of benzene rings is 1. The molecule has 0 radical (unpaired) electrons. The molecule has 0 aliphatic heterocycles. The van der Waals surface area contributed by atoms with Crippen molar-refractivity contribution in [3.8, 4) is 17.0 Å². The van der Waals surface area contributed by atoms with Crippen LogP contribution in [-0.2, 0) is 7.05 Å². The normalized spacial score (nSPS) is 11.5. The van der Waals surface area contributed by atoms with E-state index in [1.54, 1.807) is 17.8 Å². The topological polar surface area (TPSA) is 44.1 Å². The summed E-state index contributed by atoms with van der Waals surface area (Å²) in [5, 5.41) is 0. The molecule has 0 unspecified atom stereocenters. The van der Waals surface area contributed by atoms with Crippen LogP contribution in [0.2, 0.25) is 0 Å². The van der Waals surface area contributed by atoms with Crippen molar-refractivity contribution in [2.45, 2.75) is 40.2 Å². The molecule has 0 spiro atoms. The molecule has 21 heavy (non-hydrogen) atoms. The number of ether oxygens (including phenoxy) is 1. The van der Waals surface area contributed by atoms with Gasteiger partial charge in [0, 0.05) is 18.8 Å². The second kappa shape index (κ2) is 5.35. The molecule has 0 atom stereocenters. The maximum atomic E-state index is 11.8. The number of hydrogen-bond donors (Lipinski definition) is 0. The Morgan fingerprint density at radius 2 is 1.81 bits per heavy atom. The highest BCUT2D eigenvalue weighted by atomic mass is 16.5. The van der Waals surface area contributed by atoms with E-state index < -0.39 is 0 Å². The third kappa shape index (κ3) is 3.32. The fourth-order valence-electron chi connectivity index (χ4n) is 2.37. The minimum atomic E-state index is -0.245. The van der Waals surface area contributed by atoms with Crippen LogP contribution in [0.4, 0.5) is 0 Å². The largest absolute Gasteiger partial charge is 0.488 e. The van der Waals surface area contributed by atoms with Crippen LogP contribution >= 0.6 is 0 Å². The van der Waals surface area contributed by atoms with E-state index in [1.807, 2.05) is 52.8 Å². The molecule has 1 aromatic heterocycles. The lowest BCUT2D eigenvalue weighted by Crippen LogP contribution is -2.23. The average Bonchev–Trinajstić information content (AvgIpc) is 2.35. The van der Waals surface area contributed by atoms with Crippen molar-refractivity contribution in [1.29, 1.82) is 0 Å². The summed E-state index contributed by atoms with van der Waals surface area (Å²) in [6.07, 6.45) is 1.62. The third-order valence-corrected chi connectivity index (χ3v) is 3.24. The Hall–Kier alpha value is -2.10. The maximum absolute atomic E-state index is 11.8. The lowest BCUT2D eigenvalue weighted by Gasteiger charge is -2.22. The molecule has 112 valence electrons. The Morgan fingerprint density at radius 1 is 1.14 bits per heavy atom. The molecule has 0 N–H and O–H groups in total. The molecule has 0 bridgehead atoms. The van der Waals surface area contributed by atoms with Crippen molar-refractivity contribution in [2.75, 3.05) is 0 Å². The molecule has 0 amide bonds. The molecule has 4 heteroatoms. The van der Waals surface area contributed by atoms with E-state index in [0.717, 1.165) is 28.1 Å². The Balaban J connectivity index is 2.53. The van der Waals surface area contributed by atoms with Crippen LogP contribution in [0.15, 0.2) is 29.2 Å². The van der Waals surface area contributed by atoms with E-state index >= 15 is 0 Å².